The first-order valence-electron chi connectivity index (χ1n) is 5.74. The molecule has 0 radical (unpaired) electrons. The molecule has 0 saturated carbocycles. The van der Waals surface area contributed by atoms with E-state index in [1.54, 1.807) is 0 Å². The molecule has 1 aromatic carbocycles. The van der Waals surface area contributed by atoms with Crippen molar-refractivity contribution < 1.29 is 9.26 Å². The summed E-state index contributed by atoms with van der Waals surface area (Å²) in [5.41, 5.74) is 0.966. The van der Waals surface area contributed by atoms with Gasteiger partial charge >= 0.3 is 0 Å². The van der Waals surface area contributed by atoms with E-state index in [1.165, 1.54) is 0 Å². The standard InChI is InChI=1S/C12H12IN3O2/c13-9-4-2-1-3-8(9)12-15-11(16-18-12)10-7-17-6-5-14-10/h1-4,10,14H,5-7H2. The molecule has 1 N–H and O–H groups in total. The van der Waals surface area contributed by atoms with Gasteiger partial charge in [0.15, 0.2) is 5.82 Å². The Kier molecular flexibility index (Phi) is 3.57. The van der Waals surface area contributed by atoms with Gasteiger partial charge in [-0.3, -0.25) is 0 Å². The van der Waals surface area contributed by atoms with Crippen molar-refractivity contribution in [1.29, 1.82) is 0 Å². The van der Waals surface area contributed by atoms with Crippen LogP contribution in [0.4, 0.5) is 0 Å². The molecule has 94 valence electrons. The van der Waals surface area contributed by atoms with E-state index >= 15 is 0 Å². The third-order valence-corrected chi connectivity index (χ3v) is 3.72. The molecule has 0 bridgehead atoms. The maximum atomic E-state index is 5.39. The molecule has 1 fully saturated rings. The molecule has 0 aliphatic carbocycles. The molecule has 1 saturated heterocycles. The molecular formula is C12H12IN3O2. The van der Waals surface area contributed by atoms with Crippen molar-refractivity contribution in [3.8, 4) is 11.5 Å². The molecule has 1 aliphatic rings. The van der Waals surface area contributed by atoms with Gasteiger partial charge in [0.1, 0.15) is 0 Å². The van der Waals surface area contributed by atoms with Gasteiger partial charge in [-0.25, -0.2) is 0 Å². The monoisotopic (exact) mass is 357 g/mol. The summed E-state index contributed by atoms with van der Waals surface area (Å²) < 4.78 is 11.8. The lowest BCUT2D eigenvalue weighted by Crippen LogP contribution is -2.35. The Balaban J connectivity index is 1.87. The van der Waals surface area contributed by atoms with E-state index in [0.717, 1.165) is 22.3 Å². The smallest absolute Gasteiger partial charge is 0.259 e. The summed E-state index contributed by atoms with van der Waals surface area (Å²) in [5, 5.41) is 7.33. The largest absolute Gasteiger partial charge is 0.378 e. The lowest BCUT2D eigenvalue weighted by atomic mass is 10.2. The third kappa shape index (κ3) is 2.40. The first kappa shape index (κ1) is 12.1. The predicted octanol–water partition coefficient (Wildman–Crippen LogP) is 2.00. The quantitative estimate of drug-likeness (QED) is 0.834. The molecule has 0 amide bonds. The first-order valence-corrected chi connectivity index (χ1v) is 6.82. The van der Waals surface area contributed by atoms with Gasteiger partial charge in [0, 0.05) is 10.1 Å². The summed E-state index contributed by atoms with van der Waals surface area (Å²) in [6.07, 6.45) is 0. The maximum absolute atomic E-state index is 5.39. The van der Waals surface area contributed by atoms with Crippen LogP contribution < -0.4 is 5.32 Å². The number of morpholine rings is 1. The van der Waals surface area contributed by atoms with Crippen molar-refractivity contribution in [1.82, 2.24) is 15.5 Å². The topological polar surface area (TPSA) is 60.2 Å². The molecular weight excluding hydrogens is 345 g/mol. The Morgan fingerprint density at radius 3 is 3.00 bits per heavy atom. The van der Waals surface area contributed by atoms with E-state index < -0.39 is 0 Å². The number of hydrogen-bond acceptors (Lipinski definition) is 5. The van der Waals surface area contributed by atoms with Gasteiger partial charge in [-0.1, -0.05) is 17.3 Å². The molecule has 3 rings (SSSR count). The molecule has 2 heterocycles. The van der Waals surface area contributed by atoms with Gasteiger partial charge in [-0.15, -0.1) is 0 Å². The number of ether oxygens (including phenoxy) is 1. The molecule has 2 aromatic rings. The molecule has 6 heteroatoms. The minimum absolute atomic E-state index is 0.0256. The second kappa shape index (κ2) is 5.33. The van der Waals surface area contributed by atoms with Crippen molar-refractivity contribution >= 4 is 22.6 Å². The fraction of sp³-hybridized carbons (Fsp3) is 0.333. The summed E-state index contributed by atoms with van der Waals surface area (Å²) in [4.78, 5) is 4.44. The Bertz CT molecular complexity index is 538. The second-order valence-corrected chi connectivity index (χ2v) is 5.18. The van der Waals surface area contributed by atoms with Crippen molar-refractivity contribution in [2.45, 2.75) is 6.04 Å². The summed E-state index contributed by atoms with van der Waals surface area (Å²) >= 11 is 2.26. The van der Waals surface area contributed by atoms with Crippen molar-refractivity contribution in [2.24, 2.45) is 0 Å². The number of nitrogens with zero attached hydrogens (tertiary/aromatic N) is 2. The minimum atomic E-state index is 0.0256. The Morgan fingerprint density at radius 2 is 2.22 bits per heavy atom. The molecule has 1 atom stereocenters. The van der Waals surface area contributed by atoms with E-state index in [4.69, 9.17) is 9.26 Å². The highest BCUT2D eigenvalue weighted by Gasteiger charge is 2.21. The van der Waals surface area contributed by atoms with Gasteiger partial charge in [0.2, 0.25) is 0 Å². The van der Waals surface area contributed by atoms with Crippen LogP contribution in [0.5, 0.6) is 0 Å². The van der Waals surface area contributed by atoms with Crippen LogP contribution in [-0.2, 0) is 4.74 Å². The van der Waals surface area contributed by atoms with Crippen LogP contribution in [0.15, 0.2) is 28.8 Å². The van der Waals surface area contributed by atoms with Crippen molar-refractivity contribution in [3.05, 3.63) is 33.7 Å². The fourth-order valence-electron chi connectivity index (χ4n) is 1.85. The van der Waals surface area contributed by atoms with Crippen LogP contribution in [-0.4, -0.2) is 29.9 Å². The van der Waals surface area contributed by atoms with Gasteiger partial charge in [0.25, 0.3) is 5.89 Å². The van der Waals surface area contributed by atoms with E-state index in [-0.39, 0.29) is 6.04 Å². The average Bonchev–Trinajstić information content (AvgIpc) is 2.90. The van der Waals surface area contributed by atoms with E-state index in [1.807, 2.05) is 24.3 Å². The molecule has 18 heavy (non-hydrogen) atoms. The second-order valence-electron chi connectivity index (χ2n) is 4.02. The lowest BCUT2D eigenvalue weighted by Gasteiger charge is -2.20. The van der Waals surface area contributed by atoms with Gasteiger partial charge in [0.05, 0.1) is 24.8 Å². The Hall–Kier alpha value is -0.990. The van der Waals surface area contributed by atoms with Gasteiger partial charge in [-0.05, 0) is 34.7 Å². The van der Waals surface area contributed by atoms with E-state index in [2.05, 4.69) is 38.0 Å². The summed E-state index contributed by atoms with van der Waals surface area (Å²) in [6.45, 7) is 2.14. The highest BCUT2D eigenvalue weighted by molar-refractivity contribution is 14.1. The maximum Gasteiger partial charge on any atom is 0.259 e. The SMILES string of the molecule is Ic1ccccc1-c1nc(C2COCCN2)no1. The van der Waals surface area contributed by atoms with Crippen molar-refractivity contribution in [2.75, 3.05) is 19.8 Å². The number of benzene rings is 1. The summed E-state index contributed by atoms with van der Waals surface area (Å²) in [6, 6.07) is 7.96. The summed E-state index contributed by atoms with van der Waals surface area (Å²) in [7, 11) is 0. The number of hydrogen-bond donors (Lipinski definition) is 1. The zero-order valence-electron chi connectivity index (χ0n) is 9.60. The van der Waals surface area contributed by atoms with Crippen LogP contribution >= 0.6 is 22.6 Å². The number of rotatable bonds is 2. The third-order valence-electron chi connectivity index (χ3n) is 2.78. The molecule has 5 nitrogen and oxygen atoms in total. The predicted molar refractivity (Wildman–Crippen MR) is 74.0 cm³/mol. The van der Waals surface area contributed by atoms with E-state index in [9.17, 15) is 0 Å². The van der Waals surface area contributed by atoms with Gasteiger partial charge in [-0.2, -0.15) is 4.98 Å². The molecule has 0 spiro atoms. The highest BCUT2D eigenvalue weighted by atomic mass is 127. The first-order chi connectivity index (χ1) is 8.84. The normalized spacial score (nSPS) is 19.9. The van der Waals surface area contributed by atoms with Crippen LogP contribution in [0, 0.1) is 3.57 Å². The number of aromatic nitrogens is 2. The van der Waals surface area contributed by atoms with Crippen LogP contribution in [0.1, 0.15) is 11.9 Å². The molecule has 1 aliphatic heterocycles. The Morgan fingerprint density at radius 1 is 1.33 bits per heavy atom. The highest BCUT2D eigenvalue weighted by Crippen LogP contribution is 2.24. The van der Waals surface area contributed by atoms with Crippen LogP contribution in [0.2, 0.25) is 0 Å². The van der Waals surface area contributed by atoms with Crippen molar-refractivity contribution in [3.63, 3.8) is 0 Å². The van der Waals surface area contributed by atoms with Gasteiger partial charge < -0.3 is 14.6 Å². The average molecular weight is 357 g/mol. The minimum Gasteiger partial charge on any atom is -0.378 e. The fourth-order valence-corrected chi connectivity index (χ4v) is 2.47. The zero-order chi connectivity index (χ0) is 12.4. The van der Waals surface area contributed by atoms with E-state index in [0.29, 0.717) is 18.3 Å². The summed E-state index contributed by atoms with van der Waals surface area (Å²) in [5.74, 6) is 1.21. The lowest BCUT2D eigenvalue weighted by molar-refractivity contribution is 0.0734. The zero-order valence-corrected chi connectivity index (χ0v) is 11.8. The van der Waals surface area contributed by atoms with Crippen LogP contribution in [0.25, 0.3) is 11.5 Å². The number of halogens is 1. The molecule has 1 unspecified atom stereocenters. The van der Waals surface area contributed by atoms with Crippen LogP contribution in [0.3, 0.4) is 0 Å². The number of nitrogens with one attached hydrogen (secondary N) is 1. The molecule has 1 aromatic heterocycles. The Labute approximate surface area is 118 Å².